The van der Waals surface area contributed by atoms with Gasteiger partial charge in [-0.15, -0.1) is 11.3 Å². The van der Waals surface area contributed by atoms with Crippen molar-refractivity contribution in [1.82, 2.24) is 5.32 Å². The maximum atomic E-state index is 12.3. The minimum absolute atomic E-state index is 0.0382. The fourth-order valence-electron chi connectivity index (χ4n) is 1.61. The van der Waals surface area contributed by atoms with Crippen LogP contribution in [0.2, 0.25) is 0 Å². The standard InChI is InChI=1S/C14H21NO3S/c1-4-18-13(16)8-11(15-9-10(2)3)14(17)12-6-5-7-19-12/h5-7,10-11,15H,4,8-9H2,1-3H3. The van der Waals surface area contributed by atoms with Gasteiger partial charge in [0.15, 0.2) is 5.78 Å². The predicted molar refractivity (Wildman–Crippen MR) is 76.5 cm³/mol. The van der Waals surface area contributed by atoms with Gasteiger partial charge >= 0.3 is 5.97 Å². The second-order valence-corrected chi connectivity index (χ2v) is 5.65. The van der Waals surface area contributed by atoms with Crippen molar-refractivity contribution in [2.45, 2.75) is 33.2 Å². The fraction of sp³-hybridized carbons (Fsp3) is 0.571. The molecule has 0 amide bonds. The Bertz CT molecular complexity index is 401. The number of esters is 1. The smallest absolute Gasteiger partial charge is 0.307 e. The van der Waals surface area contributed by atoms with Crippen LogP contribution in [-0.4, -0.2) is 30.9 Å². The molecule has 1 aromatic heterocycles. The molecule has 0 radical (unpaired) electrons. The third-order valence-electron chi connectivity index (χ3n) is 2.53. The lowest BCUT2D eigenvalue weighted by atomic mass is 10.1. The van der Waals surface area contributed by atoms with Gasteiger partial charge in [-0.1, -0.05) is 19.9 Å². The molecule has 1 heterocycles. The molecule has 0 saturated carbocycles. The van der Waals surface area contributed by atoms with Crippen LogP contribution < -0.4 is 5.32 Å². The molecule has 0 fully saturated rings. The Morgan fingerprint density at radius 3 is 2.68 bits per heavy atom. The van der Waals surface area contributed by atoms with Crippen molar-refractivity contribution in [2.24, 2.45) is 5.92 Å². The molecule has 1 rings (SSSR count). The van der Waals surface area contributed by atoms with E-state index < -0.39 is 6.04 Å². The average Bonchev–Trinajstić information content (AvgIpc) is 2.87. The van der Waals surface area contributed by atoms with Gasteiger partial charge in [0, 0.05) is 0 Å². The predicted octanol–water partition coefficient (Wildman–Crippen LogP) is 2.50. The number of Topliss-reactive ketones (excluding diaryl/α,β-unsaturated/α-hetero) is 1. The molecule has 0 aromatic carbocycles. The van der Waals surface area contributed by atoms with Gasteiger partial charge in [-0.3, -0.25) is 9.59 Å². The zero-order valence-corrected chi connectivity index (χ0v) is 12.5. The maximum Gasteiger partial charge on any atom is 0.307 e. The Kier molecular flexibility index (Phi) is 6.73. The Labute approximate surface area is 118 Å². The zero-order chi connectivity index (χ0) is 14.3. The number of ether oxygens (including phenoxy) is 1. The Hall–Kier alpha value is -1.20. The number of hydrogen-bond acceptors (Lipinski definition) is 5. The van der Waals surface area contributed by atoms with Crippen LogP contribution in [0.4, 0.5) is 0 Å². The summed E-state index contributed by atoms with van der Waals surface area (Å²) in [4.78, 5) is 24.5. The molecule has 106 valence electrons. The largest absolute Gasteiger partial charge is 0.466 e. The zero-order valence-electron chi connectivity index (χ0n) is 11.6. The molecule has 0 bridgehead atoms. The molecule has 1 aromatic rings. The molecular formula is C14H21NO3S. The highest BCUT2D eigenvalue weighted by Gasteiger charge is 2.24. The van der Waals surface area contributed by atoms with Crippen LogP contribution in [0.5, 0.6) is 0 Å². The fourth-order valence-corrected chi connectivity index (χ4v) is 2.33. The van der Waals surface area contributed by atoms with E-state index in [-0.39, 0.29) is 18.2 Å². The van der Waals surface area contributed by atoms with E-state index in [0.717, 1.165) is 0 Å². The Morgan fingerprint density at radius 2 is 2.16 bits per heavy atom. The highest BCUT2D eigenvalue weighted by molar-refractivity contribution is 7.12. The van der Waals surface area contributed by atoms with Crippen LogP contribution in [0.25, 0.3) is 0 Å². The molecule has 0 spiro atoms. The lowest BCUT2D eigenvalue weighted by Gasteiger charge is -2.17. The first kappa shape index (κ1) is 15.9. The van der Waals surface area contributed by atoms with Gasteiger partial charge in [-0.05, 0) is 30.8 Å². The third-order valence-corrected chi connectivity index (χ3v) is 3.41. The molecule has 0 aliphatic rings. The van der Waals surface area contributed by atoms with Crippen molar-refractivity contribution in [2.75, 3.05) is 13.2 Å². The van der Waals surface area contributed by atoms with E-state index in [1.807, 2.05) is 11.4 Å². The van der Waals surface area contributed by atoms with E-state index in [2.05, 4.69) is 19.2 Å². The number of hydrogen-bond donors (Lipinski definition) is 1. The second kappa shape index (κ2) is 8.07. The summed E-state index contributed by atoms with van der Waals surface area (Å²) in [5, 5.41) is 5.01. The first-order valence-electron chi connectivity index (χ1n) is 6.51. The number of nitrogens with one attached hydrogen (secondary N) is 1. The van der Waals surface area contributed by atoms with Crippen LogP contribution in [0, 0.1) is 5.92 Å². The van der Waals surface area contributed by atoms with Gasteiger partial charge in [-0.25, -0.2) is 0 Å². The molecule has 5 heteroatoms. The monoisotopic (exact) mass is 283 g/mol. The highest BCUT2D eigenvalue weighted by Crippen LogP contribution is 2.13. The Balaban J connectivity index is 2.68. The summed E-state index contributed by atoms with van der Waals surface area (Å²) in [5.41, 5.74) is 0. The van der Waals surface area contributed by atoms with Gasteiger partial charge < -0.3 is 10.1 Å². The molecule has 1 atom stereocenters. The number of thiophene rings is 1. The van der Waals surface area contributed by atoms with Gasteiger partial charge in [0.1, 0.15) is 0 Å². The van der Waals surface area contributed by atoms with Crippen LogP contribution in [0.1, 0.15) is 36.9 Å². The number of ketones is 1. The van der Waals surface area contributed by atoms with Gasteiger partial charge in [0.05, 0.1) is 23.9 Å². The van der Waals surface area contributed by atoms with E-state index in [9.17, 15) is 9.59 Å². The molecule has 4 nitrogen and oxygen atoms in total. The van der Waals surface area contributed by atoms with Gasteiger partial charge in [0.2, 0.25) is 0 Å². The summed E-state index contributed by atoms with van der Waals surface area (Å²) in [5.74, 6) is 0.0400. The third kappa shape index (κ3) is 5.53. The number of carbonyl (C=O) groups excluding carboxylic acids is 2. The summed E-state index contributed by atoms with van der Waals surface area (Å²) < 4.78 is 4.92. The second-order valence-electron chi connectivity index (χ2n) is 4.71. The van der Waals surface area contributed by atoms with Crippen LogP contribution in [0.15, 0.2) is 17.5 Å². The van der Waals surface area contributed by atoms with E-state index in [0.29, 0.717) is 23.9 Å². The molecule has 1 N–H and O–H groups in total. The van der Waals surface area contributed by atoms with Crippen molar-refractivity contribution >= 4 is 23.1 Å². The van der Waals surface area contributed by atoms with E-state index in [1.165, 1.54) is 11.3 Å². The van der Waals surface area contributed by atoms with Crippen molar-refractivity contribution in [3.8, 4) is 0 Å². The molecule has 0 saturated heterocycles. The summed E-state index contributed by atoms with van der Waals surface area (Å²) >= 11 is 1.39. The van der Waals surface area contributed by atoms with Crippen LogP contribution in [0.3, 0.4) is 0 Å². The van der Waals surface area contributed by atoms with Crippen molar-refractivity contribution in [3.05, 3.63) is 22.4 Å². The summed E-state index contributed by atoms with van der Waals surface area (Å²) in [6.07, 6.45) is 0.0806. The molecule has 0 aliphatic carbocycles. The molecule has 19 heavy (non-hydrogen) atoms. The number of carbonyl (C=O) groups is 2. The van der Waals surface area contributed by atoms with Crippen molar-refractivity contribution < 1.29 is 14.3 Å². The normalized spacial score (nSPS) is 12.4. The van der Waals surface area contributed by atoms with Crippen LogP contribution >= 0.6 is 11.3 Å². The Morgan fingerprint density at radius 1 is 1.42 bits per heavy atom. The quantitative estimate of drug-likeness (QED) is 0.588. The number of rotatable bonds is 8. The molecule has 0 aliphatic heterocycles. The van der Waals surface area contributed by atoms with Gasteiger partial charge in [0.25, 0.3) is 0 Å². The summed E-state index contributed by atoms with van der Waals surface area (Å²) in [6, 6.07) is 3.12. The minimum atomic E-state index is -0.500. The van der Waals surface area contributed by atoms with Gasteiger partial charge in [-0.2, -0.15) is 0 Å². The topological polar surface area (TPSA) is 55.4 Å². The maximum absolute atomic E-state index is 12.3. The summed E-state index contributed by atoms with van der Waals surface area (Å²) in [7, 11) is 0. The highest BCUT2D eigenvalue weighted by atomic mass is 32.1. The average molecular weight is 283 g/mol. The molecular weight excluding hydrogens is 262 g/mol. The van der Waals surface area contributed by atoms with E-state index in [1.54, 1.807) is 13.0 Å². The van der Waals surface area contributed by atoms with Crippen molar-refractivity contribution in [3.63, 3.8) is 0 Å². The van der Waals surface area contributed by atoms with E-state index in [4.69, 9.17) is 4.74 Å². The SMILES string of the molecule is CCOC(=O)CC(NCC(C)C)C(=O)c1cccs1. The lowest BCUT2D eigenvalue weighted by Crippen LogP contribution is -2.40. The first-order chi connectivity index (χ1) is 9.04. The van der Waals surface area contributed by atoms with E-state index >= 15 is 0 Å². The molecule has 1 unspecified atom stereocenters. The van der Waals surface area contributed by atoms with Crippen LogP contribution in [-0.2, 0) is 9.53 Å². The minimum Gasteiger partial charge on any atom is -0.466 e. The summed E-state index contributed by atoms with van der Waals surface area (Å²) in [6.45, 7) is 6.91. The van der Waals surface area contributed by atoms with Crippen molar-refractivity contribution in [1.29, 1.82) is 0 Å². The first-order valence-corrected chi connectivity index (χ1v) is 7.39. The lowest BCUT2D eigenvalue weighted by molar-refractivity contribution is -0.143.